The molecular weight excluding hydrogens is 256 g/mol. The van der Waals surface area contributed by atoms with E-state index in [4.69, 9.17) is 9.47 Å². The first-order chi connectivity index (χ1) is 9.69. The minimum absolute atomic E-state index is 0.0207. The standard InChI is InChI=1S/C15H22N2O3/c1-17(11-7-9-16-10-8-11)15(18)12-5-4-6-13(19-2)14(12)20-3/h4-6,11,16H,7-10H2,1-3H3. The number of methoxy groups -OCH3 is 2. The molecule has 0 atom stereocenters. The summed E-state index contributed by atoms with van der Waals surface area (Å²) in [5.41, 5.74) is 0.549. The average Bonchev–Trinajstić information content (AvgIpc) is 2.53. The van der Waals surface area contributed by atoms with Crippen LogP contribution in [0.4, 0.5) is 0 Å². The third-order valence-electron chi connectivity index (χ3n) is 3.81. The first-order valence-electron chi connectivity index (χ1n) is 6.88. The van der Waals surface area contributed by atoms with E-state index in [9.17, 15) is 4.79 Å². The van der Waals surface area contributed by atoms with Crippen LogP contribution in [0.25, 0.3) is 0 Å². The number of para-hydroxylation sites is 1. The van der Waals surface area contributed by atoms with Crippen LogP contribution in [-0.2, 0) is 0 Å². The first kappa shape index (κ1) is 14.7. The Labute approximate surface area is 119 Å². The molecule has 1 fully saturated rings. The van der Waals surface area contributed by atoms with Crippen molar-refractivity contribution in [2.45, 2.75) is 18.9 Å². The second kappa shape index (κ2) is 6.61. The number of hydrogen-bond acceptors (Lipinski definition) is 4. The molecule has 1 amide bonds. The van der Waals surface area contributed by atoms with E-state index in [2.05, 4.69) is 5.32 Å². The quantitative estimate of drug-likeness (QED) is 0.907. The summed E-state index contributed by atoms with van der Waals surface area (Å²) in [6.45, 7) is 1.91. The molecule has 5 nitrogen and oxygen atoms in total. The molecule has 1 aromatic rings. The number of carbonyl (C=O) groups excluding carboxylic acids is 1. The highest BCUT2D eigenvalue weighted by molar-refractivity contribution is 5.97. The molecule has 1 N–H and O–H groups in total. The van der Waals surface area contributed by atoms with Gasteiger partial charge in [0.25, 0.3) is 5.91 Å². The van der Waals surface area contributed by atoms with Gasteiger partial charge in [-0.3, -0.25) is 4.79 Å². The molecule has 5 heteroatoms. The molecule has 0 unspecified atom stereocenters. The molecule has 0 spiro atoms. The monoisotopic (exact) mass is 278 g/mol. The highest BCUT2D eigenvalue weighted by Crippen LogP contribution is 2.31. The number of carbonyl (C=O) groups is 1. The molecule has 1 aliphatic heterocycles. The maximum Gasteiger partial charge on any atom is 0.257 e. The van der Waals surface area contributed by atoms with Gasteiger partial charge in [0, 0.05) is 13.1 Å². The molecule has 110 valence electrons. The van der Waals surface area contributed by atoms with Crippen molar-refractivity contribution >= 4 is 5.91 Å². The summed E-state index contributed by atoms with van der Waals surface area (Å²) in [6.07, 6.45) is 1.96. The summed E-state index contributed by atoms with van der Waals surface area (Å²) < 4.78 is 10.6. The van der Waals surface area contributed by atoms with E-state index in [-0.39, 0.29) is 11.9 Å². The van der Waals surface area contributed by atoms with Gasteiger partial charge in [-0.2, -0.15) is 0 Å². The Morgan fingerprint density at radius 1 is 1.25 bits per heavy atom. The van der Waals surface area contributed by atoms with E-state index in [0.717, 1.165) is 25.9 Å². The number of nitrogens with one attached hydrogen (secondary N) is 1. The molecule has 20 heavy (non-hydrogen) atoms. The molecule has 1 saturated heterocycles. The SMILES string of the molecule is COc1cccc(C(=O)N(C)C2CCNCC2)c1OC. The Hall–Kier alpha value is -1.75. The molecule has 0 aromatic heterocycles. The van der Waals surface area contributed by atoms with E-state index in [1.54, 1.807) is 26.4 Å². The van der Waals surface area contributed by atoms with Gasteiger partial charge in [0.1, 0.15) is 0 Å². The predicted molar refractivity (Wildman–Crippen MR) is 77.5 cm³/mol. The van der Waals surface area contributed by atoms with Crippen LogP contribution in [0.15, 0.2) is 18.2 Å². The van der Waals surface area contributed by atoms with Crippen LogP contribution >= 0.6 is 0 Å². The molecule has 0 aliphatic carbocycles. The van der Waals surface area contributed by atoms with Crippen molar-refractivity contribution < 1.29 is 14.3 Å². The molecule has 0 radical (unpaired) electrons. The third kappa shape index (κ3) is 2.88. The lowest BCUT2D eigenvalue weighted by molar-refractivity contribution is 0.0699. The molecule has 1 heterocycles. The Balaban J connectivity index is 2.23. The summed E-state index contributed by atoms with van der Waals surface area (Å²) in [5.74, 6) is 1.06. The smallest absolute Gasteiger partial charge is 0.257 e. The van der Waals surface area contributed by atoms with Crippen molar-refractivity contribution in [1.29, 1.82) is 0 Å². The number of nitrogens with zero attached hydrogens (tertiary/aromatic N) is 1. The summed E-state index contributed by atoms with van der Waals surface area (Å²) in [6, 6.07) is 5.66. The van der Waals surface area contributed by atoms with Gasteiger partial charge in [-0.05, 0) is 38.1 Å². The van der Waals surface area contributed by atoms with Gasteiger partial charge in [0.2, 0.25) is 0 Å². The second-order valence-corrected chi connectivity index (χ2v) is 4.94. The van der Waals surface area contributed by atoms with Crippen LogP contribution < -0.4 is 14.8 Å². The maximum atomic E-state index is 12.7. The van der Waals surface area contributed by atoms with Crippen LogP contribution in [0.1, 0.15) is 23.2 Å². The number of benzene rings is 1. The van der Waals surface area contributed by atoms with E-state index in [1.165, 1.54) is 0 Å². The second-order valence-electron chi connectivity index (χ2n) is 4.94. The summed E-state index contributed by atoms with van der Waals surface area (Å²) >= 11 is 0. The molecular formula is C15H22N2O3. The van der Waals surface area contributed by atoms with Gasteiger partial charge in [-0.15, -0.1) is 0 Å². The Morgan fingerprint density at radius 3 is 2.55 bits per heavy atom. The number of rotatable bonds is 4. The van der Waals surface area contributed by atoms with E-state index in [0.29, 0.717) is 17.1 Å². The van der Waals surface area contributed by atoms with Crippen LogP contribution in [0.2, 0.25) is 0 Å². The normalized spacial score (nSPS) is 15.8. The Morgan fingerprint density at radius 2 is 1.95 bits per heavy atom. The van der Waals surface area contributed by atoms with E-state index >= 15 is 0 Å². The van der Waals surface area contributed by atoms with Crippen molar-refractivity contribution in [2.75, 3.05) is 34.4 Å². The number of ether oxygens (including phenoxy) is 2. The zero-order valence-electron chi connectivity index (χ0n) is 12.3. The highest BCUT2D eigenvalue weighted by Gasteiger charge is 2.25. The van der Waals surface area contributed by atoms with Gasteiger partial charge in [-0.1, -0.05) is 6.07 Å². The summed E-state index contributed by atoms with van der Waals surface area (Å²) in [4.78, 5) is 14.5. The molecule has 0 bridgehead atoms. The largest absolute Gasteiger partial charge is 0.493 e. The topological polar surface area (TPSA) is 50.8 Å². The lowest BCUT2D eigenvalue weighted by atomic mass is 10.0. The maximum absolute atomic E-state index is 12.7. The number of amides is 1. The fourth-order valence-electron chi connectivity index (χ4n) is 2.61. The molecule has 1 aliphatic rings. The fourth-order valence-corrected chi connectivity index (χ4v) is 2.61. The van der Waals surface area contributed by atoms with E-state index < -0.39 is 0 Å². The van der Waals surface area contributed by atoms with Crippen molar-refractivity contribution in [1.82, 2.24) is 10.2 Å². The molecule has 0 saturated carbocycles. The van der Waals surface area contributed by atoms with Crippen LogP contribution in [-0.4, -0.2) is 51.2 Å². The minimum atomic E-state index is -0.0207. The first-order valence-corrected chi connectivity index (χ1v) is 6.88. The summed E-state index contributed by atoms with van der Waals surface area (Å²) in [7, 11) is 4.99. The van der Waals surface area contributed by atoms with Crippen molar-refractivity contribution in [2.24, 2.45) is 0 Å². The Kier molecular flexibility index (Phi) is 4.84. The number of piperidine rings is 1. The lowest BCUT2D eigenvalue weighted by Crippen LogP contribution is -2.44. The van der Waals surface area contributed by atoms with Gasteiger partial charge in [0.05, 0.1) is 19.8 Å². The Bertz CT molecular complexity index is 470. The zero-order valence-corrected chi connectivity index (χ0v) is 12.3. The average molecular weight is 278 g/mol. The van der Waals surface area contributed by atoms with Gasteiger partial charge in [0.15, 0.2) is 11.5 Å². The molecule has 1 aromatic carbocycles. The molecule has 2 rings (SSSR count). The lowest BCUT2D eigenvalue weighted by Gasteiger charge is -2.32. The third-order valence-corrected chi connectivity index (χ3v) is 3.81. The van der Waals surface area contributed by atoms with E-state index in [1.807, 2.05) is 18.0 Å². The van der Waals surface area contributed by atoms with Gasteiger partial charge in [-0.25, -0.2) is 0 Å². The van der Waals surface area contributed by atoms with Gasteiger partial charge >= 0.3 is 0 Å². The van der Waals surface area contributed by atoms with Crippen molar-refractivity contribution in [3.05, 3.63) is 23.8 Å². The number of hydrogen-bond donors (Lipinski definition) is 1. The highest BCUT2D eigenvalue weighted by atomic mass is 16.5. The van der Waals surface area contributed by atoms with Crippen molar-refractivity contribution in [3.63, 3.8) is 0 Å². The van der Waals surface area contributed by atoms with Crippen LogP contribution in [0, 0.1) is 0 Å². The summed E-state index contributed by atoms with van der Waals surface area (Å²) in [5, 5.41) is 3.31. The van der Waals surface area contributed by atoms with Crippen LogP contribution in [0.3, 0.4) is 0 Å². The van der Waals surface area contributed by atoms with Crippen molar-refractivity contribution in [3.8, 4) is 11.5 Å². The predicted octanol–water partition coefficient (Wildman–Crippen LogP) is 1.53. The fraction of sp³-hybridized carbons (Fsp3) is 0.533. The minimum Gasteiger partial charge on any atom is -0.493 e. The van der Waals surface area contributed by atoms with Gasteiger partial charge < -0.3 is 19.7 Å². The zero-order chi connectivity index (χ0) is 14.5. The van der Waals surface area contributed by atoms with Crippen LogP contribution in [0.5, 0.6) is 11.5 Å².